The molecule has 0 aliphatic heterocycles. The lowest BCUT2D eigenvalue weighted by atomic mass is 9.95. The van der Waals surface area contributed by atoms with Crippen molar-refractivity contribution in [2.75, 3.05) is 11.9 Å². The van der Waals surface area contributed by atoms with Crippen LogP contribution in [0.3, 0.4) is 0 Å². The zero-order valence-electron chi connectivity index (χ0n) is 28.7. The lowest BCUT2D eigenvalue weighted by Gasteiger charge is -2.34. The van der Waals surface area contributed by atoms with E-state index < -0.39 is 35.1 Å². The molecule has 51 heavy (non-hydrogen) atoms. The zero-order chi connectivity index (χ0) is 36.2. The Morgan fingerprint density at radius 2 is 1.49 bits per heavy atom. The van der Waals surface area contributed by atoms with Crippen LogP contribution in [0.4, 0.5) is 23.7 Å². The molecular weight excluding hydrogens is 655 g/mol. The minimum absolute atomic E-state index is 0.121. The molecule has 0 bridgehead atoms. The molecular formula is C40H40F3N5O3. The van der Waals surface area contributed by atoms with Gasteiger partial charge in [0.1, 0.15) is 0 Å². The molecule has 1 fully saturated rings. The van der Waals surface area contributed by atoms with Gasteiger partial charge in [-0.3, -0.25) is 14.5 Å². The number of amides is 2. The molecule has 1 aromatic heterocycles. The van der Waals surface area contributed by atoms with Gasteiger partial charge >= 0.3 is 12.3 Å². The maximum absolute atomic E-state index is 13.8. The van der Waals surface area contributed by atoms with Crippen LogP contribution in [0.5, 0.6) is 0 Å². The van der Waals surface area contributed by atoms with Crippen LogP contribution in [0.25, 0.3) is 11.1 Å². The van der Waals surface area contributed by atoms with E-state index in [0.717, 1.165) is 34.4 Å². The highest BCUT2D eigenvalue weighted by atomic mass is 19.4. The largest absolute Gasteiger partial charge is 0.436 e. The Kier molecular flexibility index (Phi) is 10.3. The molecule has 1 heterocycles. The Morgan fingerprint density at radius 3 is 2.12 bits per heavy atom. The molecule has 1 saturated carbocycles. The SMILES string of the molecule is CC(C)(C)N(Cc1ccccc1)C(=O)On1nc(C(F)(F)F)cc1C(=O)Nc1cccc(C(NCC2CC2)c2ccc(-c3ccccc3)cc2)c1. The van der Waals surface area contributed by atoms with Gasteiger partial charge in [0.15, 0.2) is 11.4 Å². The Balaban J connectivity index is 1.25. The maximum Gasteiger partial charge on any atom is 0.436 e. The van der Waals surface area contributed by atoms with E-state index in [1.54, 1.807) is 39.0 Å². The molecule has 1 aliphatic carbocycles. The topological polar surface area (TPSA) is 88.5 Å². The van der Waals surface area contributed by atoms with Crippen molar-refractivity contribution in [1.82, 2.24) is 20.2 Å². The zero-order valence-corrected chi connectivity index (χ0v) is 28.7. The van der Waals surface area contributed by atoms with Crippen molar-refractivity contribution in [2.45, 2.75) is 57.9 Å². The fourth-order valence-corrected chi connectivity index (χ4v) is 5.72. The van der Waals surface area contributed by atoms with Gasteiger partial charge in [-0.25, -0.2) is 4.79 Å². The second-order valence-electron chi connectivity index (χ2n) is 13.7. The van der Waals surface area contributed by atoms with Gasteiger partial charge in [-0.2, -0.15) is 13.2 Å². The van der Waals surface area contributed by atoms with Crippen LogP contribution < -0.4 is 15.5 Å². The number of rotatable bonds is 11. The summed E-state index contributed by atoms with van der Waals surface area (Å²) in [5, 5.41) is 9.82. The molecule has 1 aliphatic rings. The number of hydrogen-bond acceptors (Lipinski definition) is 5. The molecule has 0 radical (unpaired) electrons. The number of nitrogens with zero attached hydrogens (tertiary/aromatic N) is 3. The first kappa shape index (κ1) is 35.4. The predicted molar refractivity (Wildman–Crippen MR) is 190 cm³/mol. The van der Waals surface area contributed by atoms with E-state index in [4.69, 9.17) is 4.84 Å². The number of carbonyl (C=O) groups excluding carboxylic acids is 2. The summed E-state index contributed by atoms with van der Waals surface area (Å²) >= 11 is 0. The van der Waals surface area contributed by atoms with Crippen LogP contribution in [0.2, 0.25) is 0 Å². The van der Waals surface area contributed by atoms with Crippen LogP contribution in [0.1, 0.15) is 72.5 Å². The molecule has 2 N–H and O–H groups in total. The lowest BCUT2D eigenvalue weighted by Crippen LogP contribution is -2.48. The van der Waals surface area contributed by atoms with Crippen molar-refractivity contribution < 1.29 is 27.6 Å². The highest BCUT2D eigenvalue weighted by Crippen LogP contribution is 2.32. The third-order valence-corrected chi connectivity index (χ3v) is 8.72. The molecule has 4 aromatic carbocycles. The summed E-state index contributed by atoms with van der Waals surface area (Å²) in [6, 6.07) is 35.0. The minimum atomic E-state index is -4.89. The number of hydrogen-bond donors (Lipinski definition) is 2. The van der Waals surface area contributed by atoms with Gasteiger partial charge in [0.25, 0.3) is 5.91 Å². The highest BCUT2D eigenvalue weighted by molar-refractivity contribution is 6.03. The average molecular weight is 696 g/mol. The second kappa shape index (κ2) is 14.8. The van der Waals surface area contributed by atoms with Gasteiger partial charge in [-0.1, -0.05) is 102 Å². The Labute approximate surface area is 295 Å². The summed E-state index contributed by atoms with van der Waals surface area (Å²) in [7, 11) is 0. The smallest absolute Gasteiger partial charge is 0.321 e. The first-order valence-electron chi connectivity index (χ1n) is 16.9. The average Bonchev–Trinajstić information content (AvgIpc) is 3.83. The summed E-state index contributed by atoms with van der Waals surface area (Å²) in [5.41, 5.74) is 2.48. The first-order chi connectivity index (χ1) is 24.3. The number of alkyl halides is 3. The van der Waals surface area contributed by atoms with E-state index in [0.29, 0.717) is 22.5 Å². The summed E-state index contributed by atoms with van der Waals surface area (Å²) < 4.78 is 41.5. The Hall–Kier alpha value is -5.42. The van der Waals surface area contributed by atoms with E-state index >= 15 is 0 Å². The van der Waals surface area contributed by atoms with Crippen LogP contribution in [0, 0.1) is 5.92 Å². The second-order valence-corrected chi connectivity index (χ2v) is 13.7. The van der Waals surface area contributed by atoms with Gasteiger partial charge in [-0.15, -0.1) is 5.10 Å². The van der Waals surface area contributed by atoms with Crippen molar-refractivity contribution in [3.63, 3.8) is 0 Å². The van der Waals surface area contributed by atoms with Crippen molar-refractivity contribution in [3.05, 3.63) is 143 Å². The van der Waals surface area contributed by atoms with Crippen molar-refractivity contribution in [3.8, 4) is 11.1 Å². The van der Waals surface area contributed by atoms with Gasteiger partial charge < -0.3 is 10.6 Å². The van der Waals surface area contributed by atoms with E-state index in [1.165, 1.54) is 17.7 Å². The standard InChI is InChI=1S/C40H40F3N5O3/c1-39(2,3)47(26-28-11-6-4-7-12-28)38(50)51-48-34(24-35(46-48)40(41,42)43)37(49)45-33-16-10-15-32(23-33)36(44-25-27-17-18-27)31-21-19-30(20-22-31)29-13-8-5-9-14-29/h4-16,19-24,27,36,44H,17-18,25-26H2,1-3H3,(H,45,49). The van der Waals surface area contributed by atoms with E-state index in [9.17, 15) is 22.8 Å². The first-order valence-corrected chi connectivity index (χ1v) is 16.9. The summed E-state index contributed by atoms with van der Waals surface area (Å²) in [4.78, 5) is 34.1. The molecule has 1 unspecified atom stereocenters. The molecule has 2 amide bonds. The van der Waals surface area contributed by atoms with Crippen LogP contribution in [-0.4, -0.2) is 38.9 Å². The Bertz CT molecular complexity index is 1950. The molecule has 11 heteroatoms. The van der Waals surface area contributed by atoms with Gasteiger partial charge in [0.05, 0.1) is 6.04 Å². The Morgan fingerprint density at radius 1 is 0.843 bits per heavy atom. The van der Waals surface area contributed by atoms with Crippen LogP contribution >= 0.6 is 0 Å². The summed E-state index contributed by atoms with van der Waals surface area (Å²) in [5.74, 6) is -0.324. The van der Waals surface area contributed by atoms with E-state index in [-0.39, 0.29) is 12.6 Å². The number of carbonyl (C=O) groups is 2. The van der Waals surface area contributed by atoms with E-state index in [1.807, 2.05) is 54.6 Å². The summed E-state index contributed by atoms with van der Waals surface area (Å²) in [6.45, 7) is 6.25. The molecule has 8 nitrogen and oxygen atoms in total. The quantitative estimate of drug-likeness (QED) is 0.144. The number of nitrogens with one attached hydrogen (secondary N) is 2. The fraction of sp³-hybridized carbons (Fsp3) is 0.275. The number of aromatic nitrogens is 2. The van der Waals surface area contributed by atoms with Crippen LogP contribution in [0.15, 0.2) is 115 Å². The third-order valence-electron chi connectivity index (χ3n) is 8.72. The van der Waals surface area contributed by atoms with Crippen LogP contribution in [-0.2, 0) is 12.7 Å². The number of anilines is 1. The normalized spacial score (nSPS) is 13.8. The highest BCUT2D eigenvalue weighted by Gasteiger charge is 2.38. The van der Waals surface area contributed by atoms with Crippen molar-refractivity contribution in [1.29, 1.82) is 0 Å². The molecule has 0 saturated heterocycles. The minimum Gasteiger partial charge on any atom is -0.321 e. The lowest BCUT2D eigenvalue weighted by molar-refractivity contribution is -0.142. The molecule has 264 valence electrons. The van der Waals surface area contributed by atoms with Crippen molar-refractivity contribution in [2.24, 2.45) is 5.92 Å². The fourth-order valence-electron chi connectivity index (χ4n) is 5.72. The molecule has 0 spiro atoms. The molecule has 1 atom stereocenters. The van der Waals surface area contributed by atoms with E-state index in [2.05, 4.69) is 52.1 Å². The molecule has 5 aromatic rings. The number of benzene rings is 4. The summed E-state index contributed by atoms with van der Waals surface area (Å²) in [6.07, 6.45) is -3.53. The number of halogens is 3. The predicted octanol–water partition coefficient (Wildman–Crippen LogP) is 8.76. The van der Waals surface area contributed by atoms with Gasteiger partial charge in [-0.05, 0) is 86.0 Å². The maximum atomic E-state index is 13.8. The van der Waals surface area contributed by atoms with Gasteiger partial charge in [0.2, 0.25) is 0 Å². The van der Waals surface area contributed by atoms with Crippen molar-refractivity contribution >= 4 is 17.7 Å². The van der Waals surface area contributed by atoms with Gasteiger partial charge in [0, 0.05) is 23.8 Å². The third kappa shape index (κ3) is 9.04. The molecule has 6 rings (SSSR count). The monoisotopic (exact) mass is 695 g/mol.